The zero-order chi connectivity index (χ0) is 13.8. The van der Waals surface area contributed by atoms with Crippen molar-refractivity contribution in [3.63, 3.8) is 0 Å². The maximum Gasteiger partial charge on any atom is 0.343 e. The zero-order valence-corrected chi connectivity index (χ0v) is 12.6. The molecule has 2 aromatic rings. The third-order valence-electron chi connectivity index (χ3n) is 2.45. The van der Waals surface area contributed by atoms with E-state index in [1.54, 1.807) is 29.5 Å². The molecule has 0 aliphatic heterocycles. The fourth-order valence-electron chi connectivity index (χ4n) is 1.57. The first-order valence-electron chi connectivity index (χ1n) is 5.45. The summed E-state index contributed by atoms with van der Waals surface area (Å²) in [6, 6.07) is 8.98. The Bertz CT molecular complexity index is 597. The average molecular weight is 342 g/mol. The average Bonchev–Trinajstić information content (AvgIpc) is 2.81. The number of hydrogen-bond donors (Lipinski definition) is 1. The Morgan fingerprint density at radius 1 is 1.37 bits per heavy atom. The van der Waals surface area contributed by atoms with E-state index in [9.17, 15) is 4.79 Å². The number of hydrogen-bond acceptors (Lipinski definition) is 5. The van der Waals surface area contributed by atoms with Gasteiger partial charge in [-0.15, -0.1) is 11.3 Å². The van der Waals surface area contributed by atoms with Gasteiger partial charge in [-0.3, -0.25) is 0 Å². The van der Waals surface area contributed by atoms with Crippen LogP contribution in [0.5, 0.6) is 5.75 Å². The Balaban J connectivity index is 2.20. The summed E-state index contributed by atoms with van der Waals surface area (Å²) < 4.78 is 11.4. The fourth-order valence-corrected chi connectivity index (χ4v) is 2.96. The van der Waals surface area contributed by atoms with Gasteiger partial charge < -0.3 is 15.2 Å². The molecule has 0 unspecified atom stereocenters. The molecule has 0 aliphatic rings. The molecular formula is C13H12BrNO3S. The number of rotatable bonds is 4. The smallest absolute Gasteiger partial charge is 0.343 e. The second kappa shape index (κ2) is 6.08. The Labute approximate surface area is 123 Å². The van der Waals surface area contributed by atoms with E-state index in [1.807, 2.05) is 12.1 Å². The number of halogens is 1. The van der Waals surface area contributed by atoms with E-state index in [-0.39, 0.29) is 5.56 Å². The van der Waals surface area contributed by atoms with Gasteiger partial charge in [0.05, 0.1) is 10.9 Å². The summed E-state index contributed by atoms with van der Waals surface area (Å²) in [6.45, 7) is 0.379. The van der Waals surface area contributed by atoms with Crippen molar-refractivity contribution in [1.29, 1.82) is 0 Å². The second-order valence-electron chi connectivity index (χ2n) is 3.71. The van der Waals surface area contributed by atoms with Crippen molar-refractivity contribution >= 4 is 38.9 Å². The van der Waals surface area contributed by atoms with Crippen molar-refractivity contribution in [2.45, 2.75) is 6.61 Å². The number of benzene rings is 1. The van der Waals surface area contributed by atoms with Crippen LogP contribution in [0, 0.1) is 0 Å². The van der Waals surface area contributed by atoms with Crippen molar-refractivity contribution in [2.24, 2.45) is 0 Å². The number of esters is 1. The van der Waals surface area contributed by atoms with Crippen molar-refractivity contribution < 1.29 is 14.3 Å². The van der Waals surface area contributed by atoms with E-state index in [2.05, 4.69) is 15.9 Å². The van der Waals surface area contributed by atoms with E-state index in [1.165, 1.54) is 7.11 Å². The van der Waals surface area contributed by atoms with E-state index >= 15 is 0 Å². The van der Waals surface area contributed by atoms with Crippen LogP contribution in [-0.2, 0) is 11.3 Å². The molecule has 2 rings (SSSR count). The normalized spacial score (nSPS) is 10.2. The molecule has 19 heavy (non-hydrogen) atoms. The fraction of sp³-hybridized carbons (Fsp3) is 0.154. The van der Waals surface area contributed by atoms with E-state index < -0.39 is 5.97 Å². The monoisotopic (exact) mass is 341 g/mol. The second-order valence-corrected chi connectivity index (χ2v) is 6.25. The number of nitrogen functional groups attached to an aromatic ring is 1. The molecule has 2 N–H and O–H groups in total. The van der Waals surface area contributed by atoms with E-state index in [0.29, 0.717) is 18.0 Å². The highest BCUT2D eigenvalue weighted by Gasteiger charge is 2.16. The number of methoxy groups -OCH3 is 1. The summed E-state index contributed by atoms with van der Waals surface area (Å²) in [5, 5.41) is 0. The first-order valence-corrected chi connectivity index (χ1v) is 7.06. The Hall–Kier alpha value is -1.53. The Morgan fingerprint density at radius 3 is 2.79 bits per heavy atom. The number of carbonyl (C=O) groups is 1. The summed E-state index contributed by atoms with van der Waals surface area (Å²) in [5.74, 6) is -0.0724. The van der Waals surface area contributed by atoms with E-state index in [0.717, 1.165) is 8.66 Å². The van der Waals surface area contributed by atoms with Crippen molar-refractivity contribution in [3.8, 4) is 5.75 Å². The summed E-state index contributed by atoms with van der Waals surface area (Å²) >= 11 is 4.96. The lowest BCUT2D eigenvalue weighted by Crippen LogP contribution is -2.08. The molecule has 0 fully saturated rings. The van der Waals surface area contributed by atoms with Crippen LogP contribution >= 0.6 is 27.3 Å². The van der Waals surface area contributed by atoms with Gasteiger partial charge in [0.1, 0.15) is 17.9 Å². The molecule has 1 heterocycles. The van der Waals surface area contributed by atoms with Crippen LogP contribution in [0.25, 0.3) is 0 Å². The van der Waals surface area contributed by atoms with Crippen molar-refractivity contribution in [1.82, 2.24) is 0 Å². The molecule has 0 aliphatic carbocycles. The molecular weight excluding hydrogens is 330 g/mol. The molecule has 100 valence electrons. The Morgan fingerprint density at radius 2 is 2.16 bits per heavy atom. The zero-order valence-electron chi connectivity index (χ0n) is 10.2. The van der Waals surface area contributed by atoms with Gasteiger partial charge in [-0.1, -0.05) is 6.07 Å². The van der Waals surface area contributed by atoms with Gasteiger partial charge in [0, 0.05) is 10.6 Å². The van der Waals surface area contributed by atoms with Gasteiger partial charge in [-0.05, 0) is 40.2 Å². The maximum atomic E-state index is 11.7. The minimum absolute atomic E-state index is 0.264. The Kier molecular flexibility index (Phi) is 4.44. The summed E-state index contributed by atoms with van der Waals surface area (Å²) in [5.41, 5.74) is 6.39. The van der Waals surface area contributed by atoms with Crippen LogP contribution in [0.4, 0.5) is 5.69 Å². The molecule has 0 amide bonds. The minimum Gasteiger partial charge on any atom is -0.487 e. The number of thiophene rings is 1. The third-order valence-corrected chi connectivity index (χ3v) is 4.04. The number of carbonyl (C=O) groups excluding carboxylic acids is 1. The lowest BCUT2D eigenvalue weighted by atomic mass is 10.1. The lowest BCUT2D eigenvalue weighted by Gasteiger charge is -2.11. The number of anilines is 1. The molecule has 0 atom stereocenters. The van der Waals surface area contributed by atoms with Gasteiger partial charge in [-0.25, -0.2) is 4.79 Å². The first kappa shape index (κ1) is 13.9. The third kappa shape index (κ3) is 3.27. The van der Waals surface area contributed by atoms with Gasteiger partial charge in [0.25, 0.3) is 0 Å². The molecule has 4 nitrogen and oxygen atoms in total. The SMILES string of the molecule is COC(=O)c1c(N)cccc1OCc1ccc(Br)s1. The molecule has 1 aromatic carbocycles. The van der Waals surface area contributed by atoms with Gasteiger partial charge in [0.15, 0.2) is 0 Å². The quantitative estimate of drug-likeness (QED) is 0.683. The molecule has 0 radical (unpaired) electrons. The van der Waals surface area contributed by atoms with Gasteiger partial charge in [-0.2, -0.15) is 0 Å². The summed E-state index contributed by atoms with van der Waals surface area (Å²) in [7, 11) is 1.31. The van der Waals surface area contributed by atoms with Crippen LogP contribution in [0.2, 0.25) is 0 Å². The van der Waals surface area contributed by atoms with Gasteiger partial charge in [0.2, 0.25) is 0 Å². The molecule has 0 bridgehead atoms. The highest BCUT2D eigenvalue weighted by molar-refractivity contribution is 9.11. The highest BCUT2D eigenvalue weighted by atomic mass is 79.9. The van der Waals surface area contributed by atoms with Crippen molar-refractivity contribution in [3.05, 3.63) is 44.6 Å². The summed E-state index contributed by atoms with van der Waals surface area (Å²) in [4.78, 5) is 12.7. The van der Waals surface area contributed by atoms with E-state index in [4.69, 9.17) is 15.2 Å². The van der Waals surface area contributed by atoms with Gasteiger partial charge >= 0.3 is 5.97 Å². The number of ether oxygens (including phenoxy) is 2. The number of nitrogens with two attached hydrogens (primary N) is 1. The van der Waals surface area contributed by atoms with Crippen LogP contribution in [0.3, 0.4) is 0 Å². The predicted molar refractivity (Wildman–Crippen MR) is 78.5 cm³/mol. The predicted octanol–water partition coefficient (Wildman–Crippen LogP) is 3.46. The van der Waals surface area contributed by atoms with Crippen molar-refractivity contribution in [2.75, 3.05) is 12.8 Å². The van der Waals surface area contributed by atoms with Crippen LogP contribution < -0.4 is 10.5 Å². The molecule has 1 aromatic heterocycles. The highest BCUT2D eigenvalue weighted by Crippen LogP contribution is 2.28. The first-order chi connectivity index (χ1) is 9.11. The van der Waals surface area contributed by atoms with Crippen LogP contribution in [-0.4, -0.2) is 13.1 Å². The molecule has 0 saturated carbocycles. The lowest BCUT2D eigenvalue weighted by molar-refractivity contribution is 0.0597. The maximum absolute atomic E-state index is 11.7. The molecule has 6 heteroatoms. The van der Waals surface area contributed by atoms with Crippen LogP contribution in [0.1, 0.15) is 15.2 Å². The summed E-state index contributed by atoms with van der Waals surface area (Å²) in [6.07, 6.45) is 0. The molecule has 0 spiro atoms. The standard InChI is InChI=1S/C13H12BrNO3S/c1-17-13(16)12-9(15)3-2-4-10(12)18-7-8-5-6-11(14)19-8/h2-6H,7,15H2,1H3. The topological polar surface area (TPSA) is 61.5 Å². The largest absolute Gasteiger partial charge is 0.487 e. The minimum atomic E-state index is -0.500. The molecule has 0 saturated heterocycles. The van der Waals surface area contributed by atoms with Crippen LogP contribution in [0.15, 0.2) is 34.1 Å².